The van der Waals surface area contributed by atoms with Crippen molar-refractivity contribution in [1.82, 2.24) is 0 Å². The Morgan fingerprint density at radius 2 is 1.38 bits per heavy atom. The number of fused-ring (bicyclic) bond motifs is 5. The first-order chi connectivity index (χ1) is 12.5. The molecule has 0 aromatic heterocycles. The van der Waals surface area contributed by atoms with Crippen molar-refractivity contribution in [2.45, 2.75) is 80.0 Å². The highest BCUT2D eigenvalue weighted by molar-refractivity contribution is 8.36. The van der Waals surface area contributed by atoms with Crippen molar-refractivity contribution in [3.05, 3.63) is 12.2 Å². The molecule has 148 valence electrons. The zero-order valence-corrected chi connectivity index (χ0v) is 20.9. The fraction of sp³-hybridized carbons (Fsp3) is 0.857. The van der Waals surface area contributed by atoms with Crippen LogP contribution >= 0.6 is 55.6 Å². The molecule has 0 nitrogen and oxygen atoms in total. The standard InChI is InChI=1S/C21H35PS4/c1-4-7-12-22(13-8-5-2,14-9-6-3)21(20(23)24)25-18-16-10-11-17(15-16)19(18)26-21/h10-11,16-19H,4-9,12-15H2,1-3H3/p+1. The molecule has 2 aliphatic carbocycles. The summed E-state index contributed by atoms with van der Waals surface area (Å²) < 4.78 is 1.20. The van der Waals surface area contributed by atoms with Crippen molar-refractivity contribution in [3.63, 3.8) is 0 Å². The summed E-state index contributed by atoms with van der Waals surface area (Å²) in [6, 6.07) is 0. The normalized spacial score (nSPS) is 35.2. The lowest BCUT2D eigenvalue weighted by Crippen LogP contribution is -2.34. The topological polar surface area (TPSA) is 0 Å². The van der Waals surface area contributed by atoms with Crippen LogP contribution in [0.25, 0.3) is 0 Å². The summed E-state index contributed by atoms with van der Waals surface area (Å²) >= 11 is 15.5. The third kappa shape index (κ3) is 3.85. The molecule has 0 N–H and O–H groups in total. The Bertz CT molecular complexity index is 490. The van der Waals surface area contributed by atoms with E-state index < -0.39 is 7.26 Å². The zero-order valence-electron chi connectivity index (χ0n) is 16.7. The van der Waals surface area contributed by atoms with E-state index in [1.807, 2.05) is 0 Å². The molecule has 1 heterocycles. The lowest BCUT2D eigenvalue weighted by molar-refractivity contribution is 0.695. The summed E-state index contributed by atoms with van der Waals surface area (Å²) in [6.45, 7) is 7.06. The van der Waals surface area contributed by atoms with E-state index in [9.17, 15) is 0 Å². The summed E-state index contributed by atoms with van der Waals surface area (Å²) in [5, 5.41) is 1.59. The Balaban J connectivity index is 1.95. The number of allylic oxidation sites excluding steroid dienone is 2. The summed E-state index contributed by atoms with van der Waals surface area (Å²) in [7, 11) is -1.18. The summed E-state index contributed by atoms with van der Waals surface area (Å²) in [4.78, 5) is 0. The number of rotatable bonds is 11. The molecular weight excluding hydrogens is 411 g/mol. The van der Waals surface area contributed by atoms with Crippen molar-refractivity contribution in [2.24, 2.45) is 11.8 Å². The van der Waals surface area contributed by atoms with Gasteiger partial charge in [-0.1, -0.05) is 87.9 Å². The average Bonchev–Trinajstić information content (AvgIpc) is 3.33. The van der Waals surface area contributed by atoms with E-state index in [1.165, 1.54) is 63.4 Å². The number of unbranched alkanes of at least 4 members (excludes halogenated alkanes) is 3. The van der Waals surface area contributed by atoms with Crippen LogP contribution in [-0.4, -0.2) is 37.0 Å². The monoisotopic (exact) mass is 447 g/mol. The van der Waals surface area contributed by atoms with Crippen molar-refractivity contribution >= 4 is 59.8 Å². The molecule has 3 aliphatic rings. The molecule has 26 heavy (non-hydrogen) atoms. The molecule has 1 aliphatic heterocycles. The maximum atomic E-state index is 5.97. The van der Waals surface area contributed by atoms with E-state index in [0.29, 0.717) is 0 Å². The number of thioether (sulfide) groups is 2. The van der Waals surface area contributed by atoms with Gasteiger partial charge in [-0.15, -0.1) is 12.6 Å². The molecule has 0 aromatic carbocycles. The number of thiocarbonyl (C=S) groups is 1. The summed E-state index contributed by atoms with van der Waals surface area (Å²) in [6.07, 6.45) is 18.8. The minimum Gasteiger partial charge on any atom is -0.130 e. The van der Waals surface area contributed by atoms with Gasteiger partial charge in [-0.25, -0.2) is 0 Å². The number of hydrogen-bond donors (Lipinski definition) is 1. The second kappa shape index (κ2) is 9.41. The zero-order chi connectivity index (χ0) is 18.8. The molecular formula is C21H36PS4+. The first-order valence-corrected chi connectivity index (χ1v) is 15.6. The van der Waals surface area contributed by atoms with E-state index in [2.05, 4.69) is 56.4 Å². The van der Waals surface area contributed by atoms with Crippen LogP contribution < -0.4 is 0 Å². The van der Waals surface area contributed by atoms with Crippen LogP contribution in [0.15, 0.2) is 12.2 Å². The largest absolute Gasteiger partial charge is 0.210 e. The molecule has 0 amide bonds. The number of thiol groups is 1. The first kappa shape index (κ1) is 22.0. The molecule has 5 heteroatoms. The van der Waals surface area contributed by atoms with Crippen LogP contribution in [0.5, 0.6) is 0 Å². The minimum atomic E-state index is -1.18. The highest BCUT2D eigenvalue weighted by Gasteiger charge is 2.69. The average molecular weight is 448 g/mol. The predicted molar refractivity (Wildman–Crippen MR) is 134 cm³/mol. The minimum absolute atomic E-state index is 0.156. The van der Waals surface area contributed by atoms with Gasteiger partial charge in [0.15, 0.2) is 0 Å². The summed E-state index contributed by atoms with van der Waals surface area (Å²) in [5.74, 6) is 1.61. The highest BCUT2D eigenvalue weighted by atomic mass is 32.2. The second-order valence-corrected chi connectivity index (χ2v) is 17.5. The molecule has 0 aromatic rings. The van der Waals surface area contributed by atoms with Crippen LogP contribution in [0.1, 0.15) is 65.7 Å². The number of hydrogen-bond acceptors (Lipinski definition) is 3. The van der Waals surface area contributed by atoms with Gasteiger partial charge < -0.3 is 0 Å². The highest BCUT2D eigenvalue weighted by Crippen LogP contribution is 2.84. The van der Waals surface area contributed by atoms with Gasteiger partial charge in [-0.2, -0.15) is 0 Å². The van der Waals surface area contributed by atoms with Crippen molar-refractivity contribution in [3.8, 4) is 0 Å². The van der Waals surface area contributed by atoms with Crippen molar-refractivity contribution in [1.29, 1.82) is 0 Å². The molecule has 1 saturated carbocycles. The Labute approximate surface area is 181 Å². The lowest BCUT2D eigenvalue weighted by Gasteiger charge is -2.42. The van der Waals surface area contributed by atoms with Crippen LogP contribution in [0.2, 0.25) is 0 Å². The van der Waals surface area contributed by atoms with Crippen molar-refractivity contribution in [2.75, 3.05) is 18.5 Å². The van der Waals surface area contributed by atoms with Gasteiger partial charge in [0, 0.05) is 17.8 Å². The van der Waals surface area contributed by atoms with E-state index >= 15 is 0 Å². The SMILES string of the molecule is CCCC[P+](CCCC)(CCCC)C1(C(=S)S)SC2C3C=CC(C3)C2S1. The quantitative estimate of drug-likeness (QED) is 0.149. The molecule has 3 rings (SSSR count). The molecule has 4 unspecified atom stereocenters. The summed E-state index contributed by atoms with van der Waals surface area (Å²) in [5.41, 5.74) is 0. The van der Waals surface area contributed by atoms with Crippen LogP contribution in [-0.2, 0) is 0 Å². The third-order valence-corrected chi connectivity index (χ3v) is 19.7. The van der Waals surface area contributed by atoms with Gasteiger partial charge in [0.1, 0.15) is 4.20 Å². The third-order valence-electron chi connectivity index (χ3n) is 6.62. The van der Waals surface area contributed by atoms with Crippen molar-refractivity contribution < 1.29 is 0 Å². The maximum Gasteiger partial charge on any atom is 0.210 e. The Hall–Kier alpha value is 1.31. The van der Waals surface area contributed by atoms with E-state index in [1.54, 1.807) is 0 Å². The van der Waals surface area contributed by atoms with Crippen LogP contribution in [0.4, 0.5) is 0 Å². The first-order valence-electron chi connectivity index (χ1n) is 10.7. The van der Waals surface area contributed by atoms with Gasteiger partial charge in [-0.3, -0.25) is 0 Å². The van der Waals surface area contributed by atoms with Gasteiger partial charge >= 0.3 is 0 Å². The smallest absolute Gasteiger partial charge is 0.130 e. The fourth-order valence-corrected chi connectivity index (χ4v) is 19.4. The van der Waals surface area contributed by atoms with Gasteiger partial charge in [0.25, 0.3) is 0 Å². The molecule has 4 atom stereocenters. The Kier molecular flexibility index (Phi) is 7.97. The molecule has 2 fully saturated rings. The van der Waals surface area contributed by atoms with Crippen LogP contribution in [0, 0.1) is 11.8 Å². The Morgan fingerprint density at radius 3 is 1.73 bits per heavy atom. The van der Waals surface area contributed by atoms with E-state index in [-0.39, 0.29) is 3.82 Å². The molecule has 0 spiro atoms. The van der Waals surface area contributed by atoms with Gasteiger partial charge in [0.2, 0.25) is 3.82 Å². The second-order valence-electron chi connectivity index (χ2n) is 8.38. The molecule has 0 radical (unpaired) electrons. The van der Waals surface area contributed by atoms with E-state index in [4.69, 9.17) is 24.8 Å². The molecule has 1 saturated heterocycles. The van der Waals surface area contributed by atoms with Gasteiger partial charge in [0.05, 0.1) is 18.5 Å². The Morgan fingerprint density at radius 1 is 0.962 bits per heavy atom. The predicted octanol–water partition coefficient (Wildman–Crippen LogP) is 7.74. The van der Waals surface area contributed by atoms with Crippen LogP contribution in [0.3, 0.4) is 0 Å². The lowest BCUT2D eigenvalue weighted by atomic mass is 10.1. The van der Waals surface area contributed by atoms with E-state index in [0.717, 1.165) is 26.5 Å². The maximum absolute atomic E-state index is 5.97. The molecule has 2 bridgehead atoms. The fourth-order valence-electron chi connectivity index (χ4n) is 5.12. The van der Waals surface area contributed by atoms with Gasteiger partial charge in [-0.05, 0) is 37.5 Å².